The molecule has 1 aromatic rings. The third-order valence-corrected chi connectivity index (χ3v) is 3.07. The molecule has 3 N–H and O–H groups in total. The second kappa shape index (κ2) is 6.40. The summed E-state index contributed by atoms with van der Waals surface area (Å²) in [5, 5.41) is 4.59. The van der Waals surface area contributed by atoms with Crippen molar-refractivity contribution in [3.8, 4) is 0 Å². The maximum absolute atomic E-state index is 11.4. The molecule has 1 heterocycles. The Balaban J connectivity index is 0.00000169. The number of carbonyl (C=O) groups excluding carboxylic acids is 1. The average Bonchev–Trinajstić information content (AvgIpc) is 2.51. The second-order valence-corrected chi connectivity index (χ2v) is 5.04. The van der Waals surface area contributed by atoms with Gasteiger partial charge in [0.05, 0.1) is 9.35 Å². The van der Waals surface area contributed by atoms with Gasteiger partial charge in [-0.1, -0.05) is 0 Å². The van der Waals surface area contributed by atoms with E-state index in [0.717, 1.165) is 3.79 Å². The van der Waals surface area contributed by atoms with Crippen LogP contribution in [-0.2, 0) is 0 Å². The largest absolute Gasteiger partial charge is 0.348 e. The van der Waals surface area contributed by atoms with Crippen LogP contribution in [0.3, 0.4) is 0 Å². The molecule has 3 nitrogen and oxygen atoms in total. The monoisotopic (exact) mass is 298 g/mol. The summed E-state index contributed by atoms with van der Waals surface area (Å²) in [4.78, 5) is 11.4. The molecule has 0 aliphatic rings. The summed E-state index contributed by atoms with van der Waals surface area (Å²) in [7, 11) is 0. The van der Waals surface area contributed by atoms with E-state index >= 15 is 0 Å². The highest BCUT2D eigenvalue weighted by molar-refractivity contribution is 9.11. The summed E-state index contributed by atoms with van der Waals surface area (Å²) in [5.74, 6) is -0.0695. The molecule has 0 saturated heterocycles. The number of nitrogens with two attached hydrogens (primary N) is 1. The third-order valence-electron chi connectivity index (χ3n) is 1.56. The van der Waals surface area contributed by atoms with Crippen molar-refractivity contribution in [1.29, 1.82) is 0 Å². The second-order valence-electron chi connectivity index (χ2n) is 2.75. The number of thiophene rings is 1. The minimum Gasteiger partial charge on any atom is -0.348 e. The van der Waals surface area contributed by atoms with Crippen LogP contribution >= 0.6 is 39.7 Å². The van der Waals surface area contributed by atoms with Crippen molar-refractivity contribution in [3.63, 3.8) is 0 Å². The Morgan fingerprint density at radius 1 is 1.79 bits per heavy atom. The van der Waals surface area contributed by atoms with Gasteiger partial charge in [-0.15, -0.1) is 23.7 Å². The molecule has 0 saturated carbocycles. The smallest absolute Gasteiger partial charge is 0.252 e. The summed E-state index contributed by atoms with van der Waals surface area (Å²) < 4.78 is 0.957. The van der Waals surface area contributed by atoms with E-state index in [1.165, 1.54) is 11.3 Å². The van der Waals surface area contributed by atoms with Crippen LogP contribution in [0.15, 0.2) is 15.2 Å². The van der Waals surface area contributed by atoms with Crippen LogP contribution in [0.25, 0.3) is 0 Å². The zero-order chi connectivity index (χ0) is 9.84. The first-order valence-electron chi connectivity index (χ1n) is 3.88. The number of hydrogen-bond acceptors (Lipinski definition) is 3. The molecule has 0 fully saturated rings. The molecule has 0 radical (unpaired) electrons. The van der Waals surface area contributed by atoms with E-state index in [1.54, 1.807) is 6.07 Å². The Labute approximate surface area is 102 Å². The zero-order valence-corrected chi connectivity index (χ0v) is 10.8. The highest BCUT2D eigenvalue weighted by Gasteiger charge is 2.09. The van der Waals surface area contributed by atoms with Crippen LogP contribution in [0, 0.1) is 0 Å². The van der Waals surface area contributed by atoms with Crippen molar-refractivity contribution in [2.75, 3.05) is 6.54 Å². The standard InChI is InChI=1S/C8H11BrN2OS.ClH/c1-5(3-10)11-8(12)6-2-7(9)13-4-6;/h2,4-5H,3,10H2,1H3,(H,11,12);1H/t5-;/m0./s1. The first-order valence-corrected chi connectivity index (χ1v) is 5.55. The van der Waals surface area contributed by atoms with Gasteiger partial charge in [0, 0.05) is 18.0 Å². The van der Waals surface area contributed by atoms with Crippen LogP contribution in [-0.4, -0.2) is 18.5 Å². The average molecular weight is 300 g/mol. The van der Waals surface area contributed by atoms with E-state index in [2.05, 4.69) is 21.2 Å². The van der Waals surface area contributed by atoms with E-state index in [9.17, 15) is 4.79 Å². The first-order chi connectivity index (χ1) is 6.13. The molecule has 1 atom stereocenters. The van der Waals surface area contributed by atoms with Gasteiger partial charge >= 0.3 is 0 Å². The Kier molecular flexibility index (Phi) is 6.35. The maximum Gasteiger partial charge on any atom is 0.252 e. The SMILES string of the molecule is C[C@@H](CN)NC(=O)c1csc(Br)c1.Cl. The normalized spacial score (nSPS) is 11.6. The minimum absolute atomic E-state index is 0. The lowest BCUT2D eigenvalue weighted by molar-refractivity contribution is 0.0941. The number of rotatable bonds is 3. The van der Waals surface area contributed by atoms with Crippen molar-refractivity contribution in [1.82, 2.24) is 5.32 Å². The van der Waals surface area contributed by atoms with Gasteiger partial charge < -0.3 is 11.1 Å². The summed E-state index contributed by atoms with van der Waals surface area (Å²) in [5.41, 5.74) is 6.06. The molecule has 1 rings (SSSR count). The van der Waals surface area contributed by atoms with Gasteiger partial charge in [-0.3, -0.25) is 4.79 Å². The molecule has 0 aliphatic carbocycles. The summed E-state index contributed by atoms with van der Waals surface area (Å²) >= 11 is 4.79. The Bertz CT molecular complexity index is 305. The lowest BCUT2D eigenvalue weighted by Crippen LogP contribution is -2.37. The van der Waals surface area contributed by atoms with E-state index in [4.69, 9.17) is 5.73 Å². The molecule has 14 heavy (non-hydrogen) atoms. The summed E-state index contributed by atoms with van der Waals surface area (Å²) in [6.45, 7) is 2.33. The predicted molar refractivity (Wildman–Crippen MR) is 65.2 cm³/mol. The van der Waals surface area contributed by atoms with Crippen LogP contribution in [0.1, 0.15) is 17.3 Å². The molecule has 80 valence electrons. The number of nitrogens with one attached hydrogen (secondary N) is 1. The number of hydrogen-bond donors (Lipinski definition) is 2. The highest BCUT2D eigenvalue weighted by atomic mass is 79.9. The van der Waals surface area contributed by atoms with E-state index in [-0.39, 0.29) is 24.4 Å². The highest BCUT2D eigenvalue weighted by Crippen LogP contribution is 2.20. The van der Waals surface area contributed by atoms with Gasteiger partial charge in [-0.05, 0) is 28.9 Å². The lowest BCUT2D eigenvalue weighted by Gasteiger charge is -2.09. The molecular formula is C8H12BrClN2OS. The lowest BCUT2D eigenvalue weighted by atomic mass is 10.3. The van der Waals surface area contributed by atoms with Gasteiger partial charge in [0.25, 0.3) is 5.91 Å². The molecule has 0 aromatic carbocycles. The van der Waals surface area contributed by atoms with Gasteiger partial charge in [0.2, 0.25) is 0 Å². The van der Waals surface area contributed by atoms with E-state index < -0.39 is 0 Å². The predicted octanol–water partition coefficient (Wildman–Crippen LogP) is 2.01. The fourth-order valence-corrected chi connectivity index (χ4v) is 1.93. The van der Waals surface area contributed by atoms with Crippen molar-refractivity contribution >= 4 is 45.6 Å². The quantitative estimate of drug-likeness (QED) is 0.897. The summed E-state index contributed by atoms with van der Waals surface area (Å²) in [6.07, 6.45) is 0. The molecular weight excluding hydrogens is 288 g/mol. The minimum atomic E-state index is -0.0695. The Hall–Kier alpha value is -0.100. The fraction of sp³-hybridized carbons (Fsp3) is 0.375. The van der Waals surface area contributed by atoms with Crippen LogP contribution in [0.5, 0.6) is 0 Å². The first kappa shape index (κ1) is 13.9. The van der Waals surface area contributed by atoms with Gasteiger partial charge in [0.1, 0.15) is 0 Å². The van der Waals surface area contributed by atoms with Crippen molar-refractivity contribution < 1.29 is 4.79 Å². The molecule has 1 aromatic heterocycles. The molecule has 0 aliphatic heterocycles. The molecule has 6 heteroatoms. The number of amides is 1. The maximum atomic E-state index is 11.4. The van der Waals surface area contributed by atoms with Crippen LogP contribution in [0.2, 0.25) is 0 Å². The van der Waals surface area contributed by atoms with Crippen LogP contribution in [0.4, 0.5) is 0 Å². The Morgan fingerprint density at radius 3 is 2.86 bits per heavy atom. The zero-order valence-electron chi connectivity index (χ0n) is 7.62. The van der Waals surface area contributed by atoms with Crippen molar-refractivity contribution in [2.45, 2.75) is 13.0 Å². The Morgan fingerprint density at radius 2 is 2.43 bits per heavy atom. The fourth-order valence-electron chi connectivity index (χ4n) is 0.795. The number of halogens is 2. The number of carbonyl (C=O) groups is 1. The van der Waals surface area contributed by atoms with Gasteiger partial charge in [0.15, 0.2) is 0 Å². The molecule has 0 unspecified atom stereocenters. The molecule has 1 amide bonds. The summed E-state index contributed by atoms with van der Waals surface area (Å²) in [6, 6.07) is 1.81. The van der Waals surface area contributed by atoms with Gasteiger partial charge in [-0.2, -0.15) is 0 Å². The molecule has 0 spiro atoms. The van der Waals surface area contributed by atoms with Crippen molar-refractivity contribution in [2.24, 2.45) is 5.73 Å². The van der Waals surface area contributed by atoms with Crippen molar-refractivity contribution in [3.05, 3.63) is 20.8 Å². The molecule has 0 bridgehead atoms. The third kappa shape index (κ3) is 3.96. The van der Waals surface area contributed by atoms with E-state index in [1.807, 2.05) is 12.3 Å². The van der Waals surface area contributed by atoms with E-state index in [0.29, 0.717) is 12.1 Å². The van der Waals surface area contributed by atoms with Crippen LogP contribution < -0.4 is 11.1 Å². The topological polar surface area (TPSA) is 55.1 Å². The van der Waals surface area contributed by atoms with Gasteiger partial charge in [-0.25, -0.2) is 0 Å².